The number of thiazole rings is 1. The number of hydrogen-bond acceptors (Lipinski definition) is 8. The molecule has 29 heavy (non-hydrogen) atoms. The molecule has 3 rings (SSSR count). The molecule has 2 heterocycles. The van der Waals surface area contributed by atoms with E-state index in [4.69, 9.17) is 9.47 Å². The maximum absolute atomic E-state index is 12.3. The molecule has 0 unspecified atom stereocenters. The highest BCUT2D eigenvalue weighted by molar-refractivity contribution is 8.00. The monoisotopic (exact) mass is 433 g/mol. The SMILES string of the molecule is CCOc1cc(C)ccc1OCc1nnc(S[C@H](C)C(=O)Nc2nccs2)n1C. The second-order valence-electron chi connectivity index (χ2n) is 6.22. The molecule has 0 aliphatic carbocycles. The molecule has 1 aromatic carbocycles. The minimum atomic E-state index is -0.350. The fourth-order valence-electron chi connectivity index (χ4n) is 2.42. The molecule has 1 amide bonds. The van der Waals surface area contributed by atoms with E-state index in [1.165, 1.54) is 23.1 Å². The number of carbonyl (C=O) groups excluding carboxylic acids is 1. The third-order valence-electron chi connectivity index (χ3n) is 3.99. The number of thioether (sulfide) groups is 1. The standard InChI is InChI=1S/C19H23N5O3S2/c1-5-26-15-10-12(2)6-7-14(15)27-11-16-22-23-19(24(16)4)29-13(3)17(25)21-18-20-8-9-28-18/h6-10,13H,5,11H2,1-4H3,(H,20,21,25)/t13-/m1/s1. The predicted octanol–water partition coefficient (Wildman–Crippen LogP) is 3.68. The Balaban J connectivity index is 1.61. The van der Waals surface area contributed by atoms with E-state index in [0.717, 1.165) is 5.56 Å². The van der Waals surface area contributed by atoms with Crippen LogP contribution < -0.4 is 14.8 Å². The summed E-state index contributed by atoms with van der Waals surface area (Å²) in [5.41, 5.74) is 1.10. The molecule has 154 valence electrons. The van der Waals surface area contributed by atoms with E-state index in [0.29, 0.717) is 34.2 Å². The lowest BCUT2D eigenvalue weighted by Gasteiger charge is -2.13. The van der Waals surface area contributed by atoms with Crippen LogP contribution in [-0.2, 0) is 18.4 Å². The van der Waals surface area contributed by atoms with Gasteiger partial charge in [-0.25, -0.2) is 4.98 Å². The fraction of sp³-hybridized carbons (Fsp3) is 0.368. The van der Waals surface area contributed by atoms with E-state index >= 15 is 0 Å². The Labute approximate surface area is 177 Å². The average molecular weight is 434 g/mol. The highest BCUT2D eigenvalue weighted by Crippen LogP contribution is 2.29. The molecule has 3 aromatic rings. The minimum Gasteiger partial charge on any atom is -0.490 e. The summed E-state index contributed by atoms with van der Waals surface area (Å²) in [6, 6.07) is 5.80. The number of benzene rings is 1. The van der Waals surface area contributed by atoms with Gasteiger partial charge in [-0.05, 0) is 38.5 Å². The van der Waals surface area contributed by atoms with Gasteiger partial charge < -0.3 is 19.4 Å². The fourth-order valence-corrected chi connectivity index (χ4v) is 3.79. The maximum Gasteiger partial charge on any atom is 0.239 e. The van der Waals surface area contributed by atoms with Crippen LogP contribution in [0.25, 0.3) is 0 Å². The van der Waals surface area contributed by atoms with E-state index in [1.807, 2.05) is 56.0 Å². The first-order valence-corrected chi connectivity index (χ1v) is 10.9. The highest BCUT2D eigenvalue weighted by atomic mass is 32.2. The molecule has 0 saturated carbocycles. The summed E-state index contributed by atoms with van der Waals surface area (Å²) < 4.78 is 13.4. The zero-order valence-corrected chi connectivity index (χ0v) is 18.3. The van der Waals surface area contributed by atoms with Gasteiger partial charge in [0.25, 0.3) is 0 Å². The first kappa shape index (κ1) is 21.1. The summed E-state index contributed by atoms with van der Waals surface area (Å²) in [4.78, 5) is 16.4. The predicted molar refractivity (Wildman–Crippen MR) is 114 cm³/mol. The van der Waals surface area contributed by atoms with Gasteiger partial charge in [-0.1, -0.05) is 17.8 Å². The molecular formula is C19H23N5O3S2. The first-order valence-electron chi connectivity index (χ1n) is 9.09. The van der Waals surface area contributed by atoms with Crippen LogP contribution in [0.2, 0.25) is 0 Å². The van der Waals surface area contributed by atoms with Crippen LogP contribution in [-0.4, -0.2) is 37.5 Å². The van der Waals surface area contributed by atoms with E-state index in [1.54, 1.807) is 6.20 Å². The molecule has 1 N–H and O–H groups in total. The first-order chi connectivity index (χ1) is 14.0. The summed E-state index contributed by atoms with van der Waals surface area (Å²) in [5, 5.41) is 13.9. The Morgan fingerprint density at radius 2 is 2.14 bits per heavy atom. The quantitative estimate of drug-likeness (QED) is 0.515. The number of rotatable bonds is 9. The Morgan fingerprint density at radius 1 is 1.31 bits per heavy atom. The summed E-state index contributed by atoms with van der Waals surface area (Å²) in [5.74, 6) is 1.89. The van der Waals surface area contributed by atoms with Gasteiger partial charge in [-0.2, -0.15) is 0 Å². The third-order valence-corrected chi connectivity index (χ3v) is 5.82. The average Bonchev–Trinajstić information content (AvgIpc) is 3.32. The summed E-state index contributed by atoms with van der Waals surface area (Å²) in [6.45, 7) is 6.56. The van der Waals surface area contributed by atoms with E-state index in [9.17, 15) is 4.79 Å². The van der Waals surface area contributed by atoms with Crippen LogP contribution in [0.15, 0.2) is 34.9 Å². The van der Waals surface area contributed by atoms with E-state index < -0.39 is 0 Å². The molecule has 8 nitrogen and oxygen atoms in total. The van der Waals surface area contributed by atoms with Crippen molar-refractivity contribution in [2.75, 3.05) is 11.9 Å². The molecule has 0 fully saturated rings. The Bertz CT molecular complexity index is 959. The van der Waals surface area contributed by atoms with Crippen molar-refractivity contribution in [1.82, 2.24) is 19.7 Å². The number of aromatic nitrogens is 4. The van der Waals surface area contributed by atoms with Crippen LogP contribution in [0.5, 0.6) is 11.5 Å². The molecule has 0 saturated heterocycles. The smallest absolute Gasteiger partial charge is 0.239 e. The van der Waals surface area contributed by atoms with Crippen LogP contribution >= 0.6 is 23.1 Å². The van der Waals surface area contributed by atoms with Crippen LogP contribution in [0.1, 0.15) is 25.2 Å². The van der Waals surface area contributed by atoms with Gasteiger partial charge in [-0.3, -0.25) is 4.79 Å². The van der Waals surface area contributed by atoms with Gasteiger partial charge in [0, 0.05) is 18.6 Å². The molecule has 0 radical (unpaired) electrons. The number of nitrogens with zero attached hydrogens (tertiary/aromatic N) is 4. The molecule has 0 bridgehead atoms. The van der Waals surface area contributed by atoms with Crippen molar-refractivity contribution < 1.29 is 14.3 Å². The normalized spacial score (nSPS) is 11.9. The summed E-state index contributed by atoms with van der Waals surface area (Å²) in [6.07, 6.45) is 1.65. The molecule has 2 aromatic heterocycles. The Hall–Kier alpha value is -2.59. The van der Waals surface area contributed by atoms with Gasteiger partial charge in [0.05, 0.1) is 11.9 Å². The molecular weight excluding hydrogens is 410 g/mol. The third kappa shape index (κ3) is 5.48. The zero-order valence-electron chi connectivity index (χ0n) is 16.7. The van der Waals surface area contributed by atoms with E-state index in [2.05, 4.69) is 20.5 Å². The van der Waals surface area contributed by atoms with Crippen molar-refractivity contribution in [2.24, 2.45) is 7.05 Å². The molecule has 0 spiro atoms. The number of hydrogen-bond donors (Lipinski definition) is 1. The van der Waals surface area contributed by atoms with Crippen molar-refractivity contribution in [3.05, 3.63) is 41.2 Å². The number of carbonyl (C=O) groups is 1. The van der Waals surface area contributed by atoms with Crippen molar-refractivity contribution in [1.29, 1.82) is 0 Å². The van der Waals surface area contributed by atoms with Gasteiger partial charge in [-0.15, -0.1) is 21.5 Å². The highest BCUT2D eigenvalue weighted by Gasteiger charge is 2.20. The van der Waals surface area contributed by atoms with Crippen LogP contribution in [0.4, 0.5) is 5.13 Å². The van der Waals surface area contributed by atoms with Gasteiger partial charge in [0.15, 0.2) is 27.6 Å². The summed E-state index contributed by atoms with van der Waals surface area (Å²) in [7, 11) is 1.85. The lowest BCUT2D eigenvalue weighted by molar-refractivity contribution is -0.115. The number of ether oxygens (including phenoxy) is 2. The lowest BCUT2D eigenvalue weighted by atomic mass is 10.2. The van der Waals surface area contributed by atoms with Crippen molar-refractivity contribution >= 4 is 34.1 Å². The summed E-state index contributed by atoms with van der Waals surface area (Å²) >= 11 is 2.71. The number of nitrogens with one attached hydrogen (secondary N) is 1. The van der Waals surface area contributed by atoms with Crippen LogP contribution in [0, 0.1) is 6.92 Å². The largest absolute Gasteiger partial charge is 0.490 e. The number of anilines is 1. The molecule has 0 aliphatic heterocycles. The maximum atomic E-state index is 12.3. The van der Waals surface area contributed by atoms with Crippen molar-refractivity contribution in [3.63, 3.8) is 0 Å². The second-order valence-corrected chi connectivity index (χ2v) is 8.42. The Morgan fingerprint density at radius 3 is 2.86 bits per heavy atom. The topological polar surface area (TPSA) is 91.2 Å². The molecule has 1 atom stereocenters. The van der Waals surface area contributed by atoms with Crippen molar-refractivity contribution in [3.8, 4) is 11.5 Å². The minimum absolute atomic E-state index is 0.133. The zero-order chi connectivity index (χ0) is 20.8. The van der Waals surface area contributed by atoms with Gasteiger partial charge in [0.2, 0.25) is 5.91 Å². The van der Waals surface area contributed by atoms with E-state index in [-0.39, 0.29) is 17.8 Å². The number of amides is 1. The van der Waals surface area contributed by atoms with Gasteiger partial charge >= 0.3 is 0 Å². The Kier molecular flexibility index (Phi) is 7.10. The molecule has 0 aliphatic rings. The molecule has 10 heteroatoms. The second kappa shape index (κ2) is 9.75. The van der Waals surface area contributed by atoms with Crippen LogP contribution in [0.3, 0.4) is 0 Å². The van der Waals surface area contributed by atoms with Gasteiger partial charge in [0.1, 0.15) is 6.61 Å². The van der Waals surface area contributed by atoms with Crippen molar-refractivity contribution in [2.45, 2.75) is 37.8 Å². The lowest BCUT2D eigenvalue weighted by Crippen LogP contribution is -2.22. The number of aryl methyl sites for hydroxylation is 1.